The number of halogens is 2. The van der Waals surface area contributed by atoms with E-state index in [0.717, 1.165) is 22.9 Å². The van der Waals surface area contributed by atoms with Crippen LogP contribution < -0.4 is 4.74 Å². The highest BCUT2D eigenvalue weighted by molar-refractivity contribution is 5.74. The maximum Gasteiger partial charge on any atom is 0.341 e. The molecule has 0 saturated heterocycles. The van der Waals surface area contributed by atoms with Gasteiger partial charge >= 0.3 is 5.97 Å². The zero-order chi connectivity index (χ0) is 21.8. The van der Waals surface area contributed by atoms with Gasteiger partial charge in [0.15, 0.2) is 6.61 Å². The largest absolute Gasteiger partial charge is 0.481 e. The van der Waals surface area contributed by atoms with Crippen LogP contribution in [0.1, 0.15) is 5.56 Å². The number of hydrogen-bond acceptors (Lipinski definition) is 3. The van der Waals surface area contributed by atoms with E-state index >= 15 is 0 Å². The molecule has 1 aromatic heterocycles. The van der Waals surface area contributed by atoms with Crippen LogP contribution in [0, 0.1) is 11.6 Å². The first-order valence-electron chi connectivity index (χ1n) is 9.52. The summed E-state index contributed by atoms with van der Waals surface area (Å²) in [7, 11) is 0. The maximum absolute atomic E-state index is 13.8. The van der Waals surface area contributed by atoms with Crippen molar-refractivity contribution in [3.8, 4) is 28.3 Å². The molecule has 31 heavy (non-hydrogen) atoms. The van der Waals surface area contributed by atoms with Crippen LogP contribution in [0.15, 0.2) is 78.9 Å². The van der Waals surface area contributed by atoms with Crippen molar-refractivity contribution in [3.05, 3.63) is 96.1 Å². The van der Waals surface area contributed by atoms with Crippen LogP contribution in [0.2, 0.25) is 0 Å². The van der Waals surface area contributed by atoms with Gasteiger partial charge in [0.1, 0.15) is 17.4 Å². The minimum atomic E-state index is -1.17. The van der Waals surface area contributed by atoms with E-state index in [1.54, 1.807) is 22.9 Å². The highest BCUT2D eigenvalue weighted by Crippen LogP contribution is 2.33. The van der Waals surface area contributed by atoms with Crippen molar-refractivity contribution in [1.29, 1.82) is 0 Å². The van der Waals surface area contributed by atoms with E-state index in [1.165, 1.54) is 24.3 Å². The number of carboxylic acid groups (broad SMARTS) is 1. The van der Waals surface area contributed by atoms with E-state index in [1.807, 2.05) is 30.3 Å². The number of aliphatic carboxylic acids is 1. The molecule has 7 heteroatoms. The van der Waals surface area contributed by atoms with Gasteiger partial charge in [-0.3, -0.25) is 4.68 Å². The van der Waals surface area contributed by atoms with Gasteiger partial charge in [-0.25, -0.2) is 13.6 Å². The van der Waals surface area contributed by atoms with E-state index in [2.05, 4.69) is 5.10 Å². The van der Waals surface area contributed by atoms with Crippen molar-refractivity contribution in [1.82, 2.24) is 9.78 Å². The lowest BCUT2D eigenvalue weighted by Gasteiger charge is -2.09. The monoisotopic (exact) mass is 420 g/mol. The highest BCUT2D eigenvalue weighted by Gasteiger charge is 2.17. The van der Waals surface area contributed by atoms with Crippen LogP contribution in [0.3, 0.4) is 0 Å². The van der Waals surface area contributed by atoms with Gasteiger partial charge in [0.05, 0.1) is 17.9 Å². The molecule has 0 spiro atoms. The molecular weight excluding hydrogens is 402 g/mol. The molecule has 3 aromatic carbocycles. The van der Waals surface area contributed by atoms with Crippen molar-refractivity contribution in [2.45, 2.75) is 6.54 Å². The highest BCUT2D eigenvalue weighted by atomic mass is 19.1. The van der Waals surface area contributed by atoms with E-state index in [0.29, 0.717) is 17.8 Å². The molecular formula is C24H18F2N2O3. The van der Waals surface area contributed by atoms with Gasteiger partial charge in [-0.2, -0.15) is 5.10 Å². The topological polar surface area (TPSA) is 64.3 Å². The lowest BCUT2D eigenvalue weighted by atomic mass is 10.1. The molecule has 5 nitrogen and oxygen atoms in total. The molecule has 4 aromatic rings. The first-order valence-corrected chi connectivity index (χ1v) is 9.52. The van der Waals surface area contributed by atoms with Crippen LogP contribution in [-0.4, -0.2) is 27.5 Å². The number of nitrogens with zero attached hydrogens (tertiary/aromatic N) is 2. The summed E-state index contributed by atoms with van der Waals surface area (Å²) in [6, 6.07) is 21.4. The number of carboxylic acids is 1. The maximum atomic E-state index is 13.8. The second-order valence-corrected chi connectivity index (χ2v) is 6.89. The molecule has 0 amide bonds. The molecule has 0 radical (unpaired) electrons. The van der Waals surface area contributed by atoms with Crippen molar-refractivity contribution >= 4 is 5.97 Å². The summed E-state index contributed by atoms with van der Waals surface area (Å²) in [4.78, 5) is 10.9. The Kier molecular flexibility index (Phi) is 5.75. The third kappa shape index (κ3) is 4.78. The summed E-state index contributed by atoms with van der Waals surface area (Å²) in [5, 5.41) is 13.6. The summed E-state index contributed by atoms with van der Waals surface area (Å²) in [5.41, 5.74) is 3.44. The van der Waals surface area contributed by atoms with E-state index in [9.17, 15) is 13.6 Å². The molecule has 0 unspecified atom stereocenters. The number of hydrogen-bond donors (Lipinski definition) is 1. The van der Waals surface area contributed by atoms with Crippen molar-refractivity contribution in [2.75, 3.05) is 6.61 Å². The Morgan fingerprint density at radius 3 is 2.35 bits per heavy atom. The van der Waals surface area contributed by atoms with Gasteiger partial charge in [-0.05, 0) is 48.0 Å². The summed E-state index contributed by atoms with van der Waals surface area (Å²) in [6.07, 6.45) is 0. The Labute approximate surface area is 177 Å². The van der Waals surface area contributed by atoms with Crippen molar-refractivity contribution in [3.63, 3.8) is 0 Å². The van der Waals surface area contributed by atoms with Crippen LogP contribution in [0.25, 0.3) is 22.5 Å². The van der Waals surface area contributed by atoms with Gasteiger partial charge < -0.3 is 9.84 Å². The fourth-order valence-corrected chi connectivity index (χ4v) is 3.24. The molecule has 0 aliphatic rings. The molecule has 0 saturated carbocycles. The molecule has 1 heterocycles. The molecule has 156 valence electrons. The Morgan fingerprint density at radius 1 is 0.935 bits per heavy atom. The smallest absolute Gasteiger partial charge is 0.341 e. The number of benzene rings is 3. The van der Waals surface area contributed by atoms with E-state index < -0.39 is 18.4 Å². The zero-order valence-electron chi connectivity index (χ0n) is 16.3. The van der Waals surface area contributed by atoms with Gasteiger partial charge in [-0.1, -0.05) is 30.3 Å². The summed E-state index contributed by atoms with van der Waals surface area (Å²) in [5.74, 6) is -1.98. The third-order valence-corrected chi connectivity index (χ3v) is 4.67. The summed E-state index contributed by atoms with van der Waals surface area (Å²) >= 11 is 0. The van der Waals surface area contributed by atoms with Crippen LogP contribution in [-0.2, 0) is 11.3 Å². The quantitative estimate of drug-likeness (QED) is 0.457. The first kappa shape index (κ1) is 20.3. The van der Waals surface area contributed by atoms with Crippen molar-refractivity contribution in [2.24, 2.45) is 0 Å². The van der Waals surface area contributed by atoms with Crippen LogP contribution in [0.5, 0.6) is 5.75 Å². The number of rotatable bonds is 7. The fraction of sp³-hybridized carbons (Fsp3) is 0.0833. The summed E-state index contributed by atoms with van der Waals surface area (Å²) < 4.78 is 34.3. The Hall–Kier alpha value is -4.00. The molecule has 0 atom stereocenters. The van der Waals surface area contributed by atoms with Crippen molar-refractivity contribution < 1.29 is 23.4 Å². The van der Waals surface area contributed by atoms with Gasteiger partial charge in [0.2, 0.25) is 0 Å². The Morgan fingerprint density at radius 2 is 1.65 bits per heavy atom. The Bertz CT molecular complexity index is 1210. The molecule has 4 rings (SSSR count). The molecule has 1 N–H and O–H groups in total. The zero-order valence-corrected chi connectivity index (χ0v) is 16.3. The average Bonchev–Trinajstić information content (AvgIpc) is 3.17. The number of aromatic nitrogens is 2. The minimum Gasteiger partial charge on any atom is -0.481 e. The average molecular weight is 420 g/mol. The molecule has 0 aliphatic heterocycles. The van der Waals surface area contributed by atoms with E-state index in [-0.39, 0.29) is 11.6 Å². The van der Waals surface area contributed by atoms with Gasteiger partial charge in [0.25, 0.3) is 0 Å². The second-order valence-electron chi connectivity index (χ2n) is 6.89. The third-order valence-electron chi connectivity index (χ3n) is 4.67. The lowest BCUT2D eigenvalue weighted by molar-refractivity contribution is -0.139. The first-order chi connectivity index (χ1) is 15.0. The standard InChI is InChI=1S/C24H18F2N2O3/c25-18-8-6-17(7-9-18)22-13-21(27-28(22)14-16-4-2-1-3-5-16)20-11-10-19(26)12-23(20)31-15-24(29)30/h1-13H,14-15H2,(H,29,30). The molecule has 0 fully saturated rings. The normalized spacial score (nSPS) is 10.8. The SMILES string of the molecule is O=C(O)COc1cc(F)ccc1-c1cc(-c2ccc(F)cc2)n(Cc2ccccc2)n1. The fourth-order valence-electron chi connectivity index (χ4n) is 3.24. The van der Waals surface area contributed by atoms with E-state index in [4.69, 9.17) is 9.84 Å². The van der Waals surface area contributed by atoms with Crippen LogP contribution in [0.4, 0.5) is 8.78 Å². The Balaban J connectivity index is 1.80. The molecule has 0 bridgehead atoms. The lowest BCUT2D eigenvalue weighted by Crippen LogP contribution is -2.10. The predicted molar refractivity (Wildman–Crippen MR) is 112 cm³/mol. The number of carbonyl (C=O) groups is 1. The van der Waals surface area contributed by atoms with Crippen LogP contribution >= 0.6 is 0 Å². The number of ether oxygens (including phenoxy) is 1. The molecule has 0 aliphatic carbocycles. The predicted octanol–water partition coefficient (Wildman–Crippen LogP) is 5.01. The van der Waals surface area contributed by atoms with Gasteiger partial charge in [0, 0.05) is 17.2 Å². The minimum absolute atomic E-state index is 0.0809. The van der Waals surface area contributed by atoms with Gasteiger partial charge in [-0.15, -0.1) is 0 Å². The second kappa shape index (κ2) is 8.79. The summed E-state index contributed by atoms with van der Waals surface area (Å²) in [6.45, 7) is -0.147.